The highest BCUT2D eigenvalue weighted by atomic mass is 16.5. The predicted octanol–water partition coefficient (Wildman–Crippen LogP) is 2.77. The second-order valence-corrected chi connectivity index (χ2v) is 10.5. The Bertz CT molecular complexity index is 973. The van der Waals surface area contributed by atoms with Gasteiger partial charge in [0.1, 0.15) is 6.04 Å². The zero-order valence-electron chi connectivity index (χ0n) is 22.1. The van der Waals surface area contributed by atoms with Crippen LogP contribution in [0.5, 0.6) is 0 Å². The lowest BCUT2D eigenvalue weighted by Crippen LogP contribution is -2.54. The highest BCUT2D eigenvalue weighted by Gasteiger charge is 2.45. The molecule has 4 amide bonds. The van der Waals surface area contributed by atoms with E-state index in [4.69, 9.17) is 14.2 Å². The van der Waals surface area contributed by atoms with Gasteiger partial charge in [-0.1, -0.05) is 26.8 Å². The van der Waals surface area contributed by atoms with E-state index in [0.29, 0.717) is 57.1 Å². The molecule has 1 fully saturated rings. The number of nitrogens with one attached hydrogen (secondary N) is 2. The Morgan fingerprint density at radius 3 is 2.22 bits per heavy atom. The van der Waals surface area contributed by atoms with Crippen molar-refractivity contribution in [3.05, 3.63) is 29.3 Å². The molecule has 2 heterocycles. The number of benzene rings is 1. The monoisotopic (exact) mass is 517 g/mol. The number of ether oxygens (including phenoxy) is 3. The molecule has 1 unspecified atom stereocenters. The fraction of sp³-hybridized carbons (Fsp3) is 0.630. The summed E-state index contributed by atoms with van der Waals surface area (Å²) in [5.74, 6) is -2.06. The van der Waals surface area contributed by atoms with Gasteiger partial charge in [-0.05, 0) is 43.2 Å². The highest BCUT2D eigenvalue weighted by molar-refractivity contribution is 6.25. The average Bonchev–Trinajstić information content (AvgIpc) is 3.09. The minimum atomic E-state index is -0.978. The Kier molecular flexibility index (Phi) is 10.6. The van der Waals surface area contributed by atoms with Crippen LogP contribution in [0.25, 0.3) is 0 Å². The number of rotatable bonds is 15. The summed E-state index contributed by atoms with van der Waals surface area (Å²) in [5, 5.41) is 5.40. The fourth-order valence-corrected chi connectivity index (χ4v) is 4.31. The van der Waals surface area contributed by atoms with Gasteiger partial charge in [-0.15, -0.1) is 0 Å². The van der Waals surface area contributed by atoms with E-state index in [1.54, 1.807) is 18.2 Å². The molecule has 1 saturated heterocycles. The number of hydrogen-bond acceptors (Lipinski definition) is 8. The van der Waals surface area contributed by atoms with Crippen LogP contribution in [-0.4, -0.2) is 80.8 Å². The van der Waals surface area contributed by atoms with Gasteiger partial charge in [0, 0.05) is 31.9 Å². The Balaban J connectivity index is 1.31. The van der Waals surface area contributed by atoms with Crippen molar-refractivity contribution < 1.29 is 33.4 Å². The van der Waals surface area contributed by atoms with Crippen LogP contribution in [0.1, 0.15) is 73.6 Å². The first-order chi connectivity index (χ1) is 17.7. The van der Waals surface area contributed by atoms with Gasteiger partial charge in [0.15, 0.2) is 0 Å². The Morgan fingerprint density at radius 2 is 1.57 bits per heavy atom. The van der Waals surface area contributed by atoms with Crippen LogP contribution in [0, 0.1) is 5.41 Å². The van der Waals surface area contributed by atoms with E-state index < -0.39 is 29.7 Å². The second kappa shape index (κ2) is 13.6. The predicted molar refractivity (Wildman–Crippen MR) is 137 cm³/mol. The molecule has 1 atom stereocenters. The Labute approximate surface area is 218 Å². The maximum Gasteiger partial charge on any atom is 0.264 e. The third-order valence-electron chi connectivity index (χ3n) is 6.21. The smallest absolute Gasteiger partial charge is 0.264 e. The number of piperidine rings is 1. The number of fused-ring (bicyclic) bond motifs is 1. The topological polar surface area (TPSA) is 123 Å². The second-order valence-electron chi connectivity index (χ2n) is 10.5. The molecule has 0 saturated carbocycles. The lowest BCUT2D eigenvalue weighted by molar-refractivity contribution is -0.136. The summed E-state index contributed by atoms with van der Waals surface area (Å²) in [6.07, 6.45) is 3.10. The molecule has 2 N–H and O–H groups in total. The molecule has 204 valence electrons. The third kappa shape index (κ3) is 8.34. The van der Waals surface area contributed by atoms with Crippen molar-refractivity contribution in [2.45, 2.75) is 58.9 Å². The van der Waals surface area contributed by atoms with Crippen LogP contribution < -0.4 is 10.6 Å². The van der Waals surface area contributed by atoms with Crippen molar-refractivity contribution in [2.24, 2.45) is 5.41 Å². The van der Waals surface area contributed by atoms with Crippen LogP contribution in [0.15, 0.2) is 18.2 Å². The molecule has 1 aromatic rings. The molecule has 10 nitrogen and oxygen atoms in total. The van der Waals surface area contributed by atoms with Crippen molar-refractivity contribution >= 4 is 29.3 Å². The number of nitrogens with zero attached hydrogens (tertiary/aromatic N) is 1. The number of hydrogen-bond donors (Lipinski definition) is 2. The van der Waals surface area contributed by atoms with E-state index in [0.717, 1.165) is 24.3 Å². The van der Waals surface area contributed by atoms with Crippen molar-refractivity contribution in [3.63, 3.8) is 0 Å². The maximum absolute atomic E-state index is 13.1. The summed E-state index contributed by atoms with van der Waals surface area (Å²) in [7, 11) is 0. The van der Waals surface area contributed by atoms with Crippen LogP contribution in [0.4, 0.5) is 5.69 Å². The number of carbonyl (C=O) groups excluding carboxylic acids is 4. The number of carbonyl (C=O) groups is 4. The van der Waals surface area contributed by atoms with Crippen molar-refractivity contribution in [1.82, 2.24) is 10.2 Å². The van der Waals surface area contributed by atoms with E-state index >= 15 is 0 Å². The summed E-state index contributed by atoms with van der Waals surface area (Å²) in [6, 6.07) is 4.03. The van der Waals surface area contributed by atoms with E-state index in [2.05, 4.69) is 31.4 Å². The first kappa shape index (κ1) is 28.7. The standard InChI is InChI=1S/C27H39N3O7/c1-27(2,3)11-5-13-35-15-17-37-18-16-36-14-6-12-28-20-8-4-7-19-23(20)26(34)30(25(19)33)21-9-10-22(31)29-24(21)32/h4,7-8,21,28H,5-6,9-18H2,1-3H3,(H,29,31,32). The molecule has 2 aliphatic heterocycles. The lowest BCUT2D eigenvalue weighted by atomic mass is 9.91. The average molecular weight is 518 g/mol. The van der Waals surface area contributed by atoms with Crippen LogP contribution in [0.2, 0.25) is 0 Å². The molecule has 37 heavy (non-hydrogen) atoms. The van der Waals surface area contributed by atoms with Crippen molar-refractivity contribution in [3.8, 4) is 0 Å². The van der Waals surface area contributed by atoms with E-state index in [1.165, 1.54) is 0 Å². The summed E-state index contributed by atoms with van der Waals surface area (Å²) in [4.78, 5) is 50.6. The molecule has 0 aliphatic carbocycles. The molecule has 0 bridgehead atoms. The van der Waals surface area contributed by atoms with E-state index in [9.17, 15) is 19.2 Å². The van der Waals surface area contributed by atoms with Gasteiger partial charge in [0.25, 0.3) is 11.8 Å². The van der Waals surface area contributed by atoms with Gasteiger partial charge in [-0.25, -0.2) is 0 Å². The molecule has 1 aromatic carbocycles. The van der Waals surface area contributed by atoms with Crippen LogP contribution in [-0.2, 0) is 23.8 Å². The number of anilines is 1. The summed E-state index contributed by atoms with van der Waals surface area (Å²) in [5.41, 5.74) is 1.39. The van der Waals surface area contributed by atoms with Gasteiger partial charge in [-0.3, -0.25) is 29.4 Å². The summed E-state index contributed by atoms with van der Waals surface area (Å²) >= 11 is 0. The van der Waals surface area contributed by atoms with Crippen molar-refractivity contribution in [2.75, 3.05) is 51.5 Å². The SMILES string of the molecule is CC(C)(C)CCCOCCOCCOCCCNc1cccc2c1C(=O)N(C1CCC(=O)NC1=O)C2=O. The van der Waals surface area contributed by atoms with Gasteiger partial charge in [0.2, 0.25) is 11.8 Å². The number of imide groups is 2. The molecule has 3 rings (SSSR count). The van der Waals surface area contributed by atoms with Crippen molar-refractivity contribution in [1.29, 1.82) is 0 Å². The molecule has 10 heteroatoms. The zero-order chi connectivity index (χ0) is 26.8. The largest absolute Gasteiger partial charge is 0.384 e. The molecular weight excluding hydrogens is 478 g/mol. The number of amides is 4. The van der Waals surface area contributed by atoms with Gasteiger partial charge in [0.05, 0.1) is 37.6 Å². The van der Waals surface area contributed by atoms with E-state index in [1.807, 2.05) is 0 Å². The minimum Gasteiger partial charge on any atom is -0.384 e. The Morgan fingerprint density at radius 1 is 0.919 bits per heavy atom. The first-order valence-electron chi connectivity index (χ1n) is 13.0. The molecular formula is C27H39N3O7. The molecule has 0 spiro atoms. The van der Waals surface area contributed by atoms with Gasteiger partial charge >= 0.3 is 0 Å². The zero-order valence-corrected chi connectivity index (χ0v) is 22.1. The fourth-order valence-electron chi connectivity index (χ4n) is 4.31. The lowest BCUT2D eigenvalue weighted by Gasteiger charge is -2.27. The quantitative estimate of drug-likeness (QED) is 0.269. The normalized spacial score (nSPS) is 17.8. The Hall–Kier alpha value is -2.82. The highest BCUT2D eigenvalue weighted by Crippen LogP contribution is 2.32. The maximum atomic E-state index is 13.1. The minimum absolute atomic E-state index is 0.0887. The van der Waals surface area contributed by atoms with E-state index in [-0.39, 0.29) is 24.0 Å². The molecule has 2 aliphatic rings. The van der Waals surface area contributed by atoms with Gasteiger partial charge in [-0.2, -0.15) is 0 Å². The van der Waals surface area contributed by atoms with Gasteiger partial charge < -0.3 is 19.5 Å². The summed E-state index contributed by atoms with van der Waals surface area (Å²) in [6.45, 7) is 10.6. The van der Waals surface area contributed by atoms with Crippen LogP contribution >= 0.6 is 0 Å². The summed E-state index contributed by atoms with van der Waals surface area (Å²) < 4.78 is 16.7. The third-order valence-corrected chi connectivity index (χ3v) is 6.21. The first-order valence-corrected chi connectivity index (χ1v) is 13.0. The molecule has 0 radical (unpaired) electrons. The van der Waals surface area contributed by atoms with Crippen LogP contribution in [0.3, 0.4) is 0 Å². The molecule has 0 aromatic heterocycles.